The first-order valence-corrected chi connectivity index (χ1v) is 11.6. The molecule has 1 aliphatic rings. The molecule has 1 N–H and O–H groups in total. The Bertz CT molecular complexity index is 995. The first-order valence-electron chi connectivity index (χ1n) is 10.5. The highest BCUT2D eigenvalue weighted by atomic mass is 32.2. The average molecular weight is 524 g/mol. The van der Waals surface area contributed by atoms with Gasteiger partial charge in [-0.1, -0.05) is 42.5 Å². The number of carbonyl (C=O) groups is 1. The molecule has 1 aliphatic heterocycles. The third-order valence-corrected chi connectivity index (χ3v) is 6.30. The van der Waals surface area contributed by atoms with Gasteiger partial charge in [0, 0.05) is 19.6 Å². The van der Waals surface area contributed by atoms with Crippen molar-refractivity contribution < 1.29 is 44.6 Å². The Balaban J connectivity index is 1.59. The van der Waals surface area contributed by atoms with E-state index in [1.54, 1.807) is 24.3 Å². The third-order valence-electron chi connectivity index (χ3n) is 5.56. The lowest BCUT2D eigenvalue weighted by Gasteiger charge is -2.34. The van der Waals surface area contributed by atoms with Crippen LogP contribution in [0.3, 0.4) is 0 Å². The largest absolute Gasteiger partial charge is 0.434 e. The van der Waals surface area contributed by atoms with Crippen molar-refractivity contribution in [3.8, 4) is 11.1 Å². The number of rotatable bonds is 6. The van der Waals surface area contributed by atoms with Crippen molar-refractivity contribution >= 4 is 23.0 Å². The first kappa shape index (κ1) is 26.8. The molecule has 0 saturated carbocycles. The SMILES string of the molecule is O=C(OC(C(F)(F)F)C(F)(F)F)N1CCC(CN(c2ccc(-c3ccccc3)cc2)S(=O)O)CC1. The number of alkyl halides is 6. The van der Waals surface area contributed by atoms with Crippen molar-refractivity contribution in [1.82, 2.24) is 4.90 Å². The lowest BCUT2D eigenvalue weighted by Crippen LogP contribution is -2.49. The number of anilines is 1. The van der Waals surface area contributed by atoms with Crippen molar-refractivity contribution in [1.29, 1.82) is 0 Å². The molecule has 1 amide bonds. The van der Waals surface area contributed by atoms with Gasteiger partial charge in [-0.25, -0.2) is 9.00 Å². The summed E-state index contributed by atoms with van der Waals surface area (Å²) in [5.74, 6) is -0.232. The van der Waals surface area contributed by atoms with E-state index in [9.17, 15) is 39.9 Å². The van der Waals surface area contributed by atoms with Gasteiger partial charge in [0.15, 0.2) is 0 Å². The van der Waals surface area contributed by atoms with Crippen LogP contribution in [0.2, 0.25) is 0 Å². The van der Waals surface area contributed by atoms with E-state index in [0.717, 1.165) is 16.0 Å². The number of hydrogen-bond donors (Lipinski definition) is 1. The molecule has 192 valence electrons. The van der Waals surface area contributed by atoms with Gasteiger partial charge in [-0.15, -0.1) is 0 Å². The molecule has 1 fully saturated rings. The average Bonchev–Trinajstić information content (AvgIpc) is 2.80. The topological polar surface area (TPSA) is 70.1 Å². The highest BCUT2D eigenvalue weighted by molar-refractivity contribution is 7.80. The highest BCUT2D eigenvalue weighted by Gasteiger charge is 2.60. The number of likely N-dealkylation sites (tertiary alicyclic amines) is 1. The summed E-state index contributed by atoms with van der Waals surface area (Å²) in [5.41, 5.74) is 2.33. The van der Waals surface area contributed by atoms with Crippen molar-refractivity contribution in [2.45, 2.75) is 31.3 Å². The van der Waals surface area contributed by atoms with Crippen LogP contribution in [0.4, 0.5) is 36.8 Å². The molecule has 1 saturated heterocycles. The standard InChI is InChI=1S/C22H22F6N2O4S/c23-21(24,25)19(22(26,27)28)34-20(31)29-12-10-15(11-13-29)14-30(35(32)33)18-8-6-17(7-9-18)16-4-2-1-3-5-16/h1-9,15,19H,10-14H2,(H,32,33). The van der Waals surface area contributed by atoms with Gasteiger partial charge in [0.25, 0.3) is 17.4 Å². The summed E-state index contributed by atoms with van der Waals surface area (Å²) in [4.78, 5) is 12.7. The van der Waals surface area contributed by atoms with Crippen molar-refractivity contribution in [2.24, 2.45) is 5.92 Å². The van der Waals surface area contributed by atoms with Crippen molar-refractivity contribution in [3.63, 3.8) is 0 Å². The number of carbonyl (C=O) groups excluding carboxylic acids is 1. The zero-order valence-corrected chi connectivity index (χ0v) is 18.9. The minimum absolute atomic E-state index is 0.102. The van der Waals surface area contributed by atoms with E-state index in [1.165, 1.54) is 4.31 Å². The predicted octanol–water partition coefficient (Wildman–Crippen LogP) is 5.64. The van der Waals surface area contributed by atoms with Crippen LogP contribution in [0.1, 0.15) is 12.8 Å². The van der Waals surface area contributed by atoms with Crippen LogP contribution < -0.4 is 4.31 Å². The molecular weight excluding hydrogens is 502 g/mol. The van der Waals surface area contributed by atoms with E-state index in [1.807, 2.05) is 30.3 Å². The van der Waals surface area contributed by atoms with Crippen LogP contribution in [0.25, 0.3) is 11.1 Å². The van der Waals surface area contributed by atoms with E-state index < -0.39 is 35.8 Å². The number of benzene rings is 2. The van der Waals surface area contributed by atoms with Crippen LogP contribution in [0, 0.1) is 5.92 Å². The second kappa shape index (κ2) is 10.9. The summed E-state index contributed by atoms with van der Waals surface area (Å²) < 4.78 is 102. The van der Waals surface area contributed by atoms with E-state index >= 15 is 0 Å². The fourth-order valence-corrected chi connectivity index (χ4v) is 4.38. The molecule has 0 radical (unpaired) electrons. The Labute approximate surface area is 199 Å². The number of ether oxygens (including phenoxy) is 1. The summed E-state index contributed by atoms with van der Waals surface area (Å²) >= 11 is -2.37. The summed E-state index contributed by atoms with van der Waals surface area (Å²) in [7, 11) is 0. The summed E-state index contributed by atoms with van der Waals surface area (Å²) in [5, 5.41) is 0. The van der Waals surface area contributed by atoms with Gasteiger partial charge in [0.1, 0.15) is 0 Å². The predicted molar refractivity (Wildman–Crippen MR) is 117 cm³/mol. The Morgan fingerprint density at radius 1 is 0.971 bits per heavy atom. The lowest BCUT2D eigenvalue weighted by molar-refractivity contribution is -0.308. The molecule has 35 heavy (non-hydrogen) atoms. The smallest absolute Gasteiger partial charge is 0.426 e. The summed E-state index contributed by atoms with van der Waals surface area (Å²) in [6.45, 7) is -0.194. The highest BCUT2D eigenvalue weighted by Crippen LogP contribution is 2.36. The molecule has 0 aliphatic carbocycles. The van der Waals surface area contributed by atoms with Gasteiger partial charge in [-0.2, -0.15) is 26.3 Å². The molecule has 1 heterocycles. The molecule has 2 aromatic carbocycles. The van der Waals surface area contributed by atoms with Crippen LogP contribution in [0.15, 0.2) is 54.6 Å². The molecule has 0 aromatic heterocycles. The summed E-state index contributed by atoms with van der Waals surface area (Å²) in [6, 6.07) is 16.4. The normalized spacial score (nSPS) is 16.3. The van der Waals surface area contributed by atoms with Crippen LogP contribution >= 0.6 is 0 Å². The van der Waals surface area contributed by atoms with Crippen LogP contribution in [-0.4, -0.2) is 57.8 Å². The number of piperidine rings is 1. The van der Waals surface area contributed by atoms with Crippen LogP contribution in [-0.2, 0) is 16.0 Å². The Hall–Kier alpha value is -2.80. The fraction of sp³-hybridized carbons (Fsp3) is 0.409. The van der Waals surface area contributed by atoms with Gasteiger partial charge in [-0.05, 0) is 42.0 Å². The lowest BCUT2D eigenvalue weighted by atomic mass is 9.97. The van der Waals surface area contributed by atoms with Gasteiger partial charge in [-0.3, -0.25) is 8.86 Å². The number of nitrogens with zero attached hydrogens (tertiary/aromatic N) is 2. The molecule has 3 rings (SSSR count). The molecular formula is C22H22F6N2O4S. The second-order valence-corrected chi connectivity index (χ2v) is 8.88. The Morgan fingerprint density at radius 2 is 1.49 bits per heavy atom. The fourth-order valence-electron chi connectivity index (χ4n) is 3.74. The minimum Gasteiger partial charge on any atom is -0.426 e. The van der Waals surface area contributed by atoms with Crippen molar-refractivity contribution in [3.05, 3.63) is 54.6 Å². The maximum atomic E-state index is 12.6. The Kier molecular flexibility index (Phi) is 8.31. The quantitative estimate of drug-likeness (QED) is 0.392. The monoisotopic (exact) mass is 524 g/mol. The minimum atomic E-state index is -5.78. The van der Waals surface area contributed by atoms with Gasteiger partial charge in [0.05, 0.1) is 5.69 Å². The second-order valence-electron chi connectivity index (χ2n) is 7.98. The van der Waals surface area contributed by atoms with E-state index in [-0.39, 0.29) is 38.4 Å². The molecule has 1 atom stereocenters. The molecule has 1 unspecified atom stereocenters. The molecule has 0 bridgehead atoms. The van der Waals surface area contributed by atoms with E-state index in [4.69, 9.17) is 0 Å². The van der Waals surface area contributed by atoms with E-state index in [0.29, 0.717) is 5.69 Å². The number of hydrogen-bond acceptors (Lipinski definition) is 3. The number of halogens is 6. The van der Waals surface area contributed by atoms with Gasteiger partial charge in [0.2, 0.25) is 0 Å². The number of amides is 1. The molecule has 2 aromatic rings. The maximum Gasteiger partial charge on any atom is 0.434 e. The molecule has 13 heteroatoms. The third kappa shape index (κ3) is 7.10. The first-order chi connectivity index (χ1) is 16.4. The maximum absolute atomic E-state index is 12.6. The van der Waals surface area contributed by atoms with Crippen molar-refractivity contribution in [2.75, 3.05) is 23.9 Å². The van der Waals surface area contributed by atoms with Gasteiger partial charge >= 0.3 is 18.4 Å². The summed E-state index contributed by atoms with van der Waals surface area (Å²) in [6.07, 6.45) is -17.1. The zero-order valence-electron chi connectivity index (χ0n) is 18.1. The Morgan fingerprint density at radius 3 is 1.97 bits per heavy atom. The molecule has 6 nitrogen and oxygen atoms in total. The molecule has 0 spiro atoms. The zero-order chi connectivity index (χ0) is 25.8. The van der Waals surface area contributed by atoms with Crippen LogP contribution in [0.5, 0.6) is 0 Å². The van der Waals surface area contributed by atoms with Gasteiger partial charge < -0.3 is 9.64 Å². The van der Waals surface area contributed by atoms with E-state index in [2.05, 4.69) is 4.74 Å².